The minimum absolute atomic E-state index is 0.666. The van der Waals surface area contributed by atoms with Gasteiger partial charge < -0.3 is 4.57 Å². The number of rotatable bonds is 4. The van der Waals surface area contributed by atoms with Crippen molar-refractivity contribution in [3.05, 3.63) is 158 Å². The van der Waals surface area contributed by atoms with E-state index >= 15 is 0 Å². The van der Waals surface area contributed by atoms with E-state index in [0.717, 1.165) is 16.7 Å². The maximum atomic E-state index is 4.98. The highest BCUT2D eigenvalue weighted by atomic mass is 32.1. The van der Waals surface area contributed by atoms with Gasteiger partial charge in [0.2, 0.25) is 0 Å². The predicted molar refractivity (Wildman–Crippen MR) is 216 cm³/mol. The Hall–Kier alpha value is -6.21. The van der Waals surface area contributed by atoms with Crippen LogP contribution in [0.15, 0.2) is 158 Å². The first kappa shape index (κ1) is 28.6. The number of thiophene rings is 2. The van der Waals surface area contributed by atoms with Crippen LogP contribution in [0.5, 0.6) is 0 Å². The standard InChI is InChI=1S/C45H26N4S2/c1-3-11-27(12-4-1)43-46-44(28-13-5-2-6-14-28)48-45(47-43)29-19-21-32-33-22-20-30(26-40(33)50-39(32)25-29)49-36-17-9-7-16-35(36)41-37(49)24-23-34-31-15-8-10-18-38(31)51-42(34)41/h1-26H. The van der Waals surface area contributed by atoms with E-state index in [1.165, 1.54) is 67.8 Å². The number of fused-ring (bicyclic) bond motifs is 10. The molecule has 11 aromatic rings. The van der Waals surface area contributed by atoms with Crippen molar-refractivity contribution < 1.29 is 0 Å². The molecular weight excluding hydrogens is 661 g/mol. The van der Waals surface area contributed by atoms with E-state index in [4.69, 9.17) is 15.0 Å². The third-order valence-electron chi connectivity index (χ3n) is 9.85. The molecule has 0 saturated carbocycles. The summed E-state index contributed by atoms with van der Waals surface area (Å²) < 4.78 is 7.57. The second-order valence-corrected chi connectivity index (χ2v) is 15.0. The summed E-state index contributed by atoms with van der Waals surface area (Å²) in [5, 5.41) is 7.75. The van der Waals surface area contributed by atoms with Crippen LogP contribution in [-0.2, 0) is 0 Å². The number of nitrogens with zero attached hydrogens (tertiary/aromatic N) is 4. The van der Waals surface area contributed by atoms with Crippen LogP contribution < -0.4 is 0 Å². The molecule has 0 aliphatic carbocycles. The van der Waals surface area contributed by atoms with Gasteiger partial charge in [0, 0.05) is 73.5 Å². The van der Waals surface area contributed by atoms with Crippen LogP contribution in [0, 0.1) is 0 Å². The third kappa shape index (κ3) is 4.47. The second-order valence-electron chi connectivity index (χ2n) is 12.8. The zero-order valence-electron chi connectivity index (χ0n) is 27.1. The van der Waals surface area contributed by atoms with E-state index in [2.05, 4.69) is 102 Å². The van der Waals surface area contributed by atoms with Crippen LogP contribution in [0.2, 0.25) is 0 Å². The molecule has 0 aliphatic heterocycles. The molecule has 0 bridgehead atoms. The summed E-state index contributed by atoms with van der Waals surface area (Å²) in [6.07, 6.45) is 0. The maximum absolute atomic E-state index is 4.98. The van der Waals surface area contributed by atoms with Crippen molar-refractivity contribution in [3.8, 4) is 39.9 Å². The highest BCUT2D eigenvalue weighted by molar-refractivity contribution is 7.27. The SMILES string of the molecule is c1ccc(-c2nc(-c3ccccc3)nc(-c3ccc4c(c3)sc3cc(-n5c6ccccc6c6c7sc8ccccc8c7ccc65)ccc34)n2)cc1. The molecular formula is C45H26N4S2. The molecule has 0 aliphatic rings. The van der Waals surface area contributed by atoms with Crippen LogP contribution >= 0.6 is 22.7 Å². The Morgan fingerprint density at radius 1 is 0.373 bits per heavy atom. The van der Waals surface area contributed by atoms with Gasteiger partial charge in [-0.3, -0.25) is 0 Å². The van der Waals surface area contributed by atoms with Crippen molar-refractivity contribution in [1.29, 1.82) is 0 Å². The second kappa shape index (κ2) is 11.2. The van der Waals surface area contributed by atoms with Crippen LogP contribution in [0.25, 0.3) is 102 Å². The molecule has 51 heavy (non-hydrogen) atoms. The van der Waals surface area contributed by atoms with Gasteiger partial charge >= 0.3 is 0 Å². The Morgan fingerprint density at radius 3 is 1.69 bits per heavy atom. The van der Waals surface area contributed by atoms with E-state index in [-0.39, 0.29) is 0 Å². The normalized spacial score (nSPS) is 11.9. The summed E-state index contributed by atoms with van der Waals surface area (Å²) in [5.74, 6) is 2.00. The lowest BCUT2D eigenvalue weighted by atomic mass is 10.1. The molecule has 0 unspecified atom stereocenters. The number of hydrogen-bond acceptors (Lipinski definition) is 5. The van der Waals surface area contributed by atoms with E-state index in [1.54, 1.807) is 0 Å². The van der Waals surface area contributed by atoms with Crippen LogP contribution in [0.3, 0.4) is 0 Å². The molecule has 4 nitrogen and oxygen atoms in total. The summed E-state index contributed by atoms with van der Waals surface area (Å²) in [4.78, 5) is 14.8. The average Bonchev–Trinajstić information content (AvgIpc) is 3.87. The average molecular weight is 687 g/mol. The molecule has 0 radical (unpaired) electrons. The van der Waals surface area contributed by atoms with Gasteiger partial charge in [-0.1, -0.05) is 121 Å². The first-order valence-corrected chi connectivity index (χ1v) is 18.6. The molecule has 6 heteroatoms. The Bertz CT molecular complexity index is 3080. The topological polar surface area (TPSA) is 43.6 Å². The van der Waals surface area contributed by atoms with E-state index < -0.39 is 0 Å². The van der Waals surface area contributed by atoms with Gasteiger partial charge in [0.1, 0.15) is 0 Å². The van der Waals surface area contributed by atoms with E-state index in [9.17, 15) is 0 Å². The quantitative estimate of drug-likeness (QED) is 0.185. The molecule has 11 rings (SSSR count). The zero-order chi connectivity index (χ0) is 33.5. The molecule has 0 fully saturated rings. The molecule has 0 N–H and O–H groups in total. The number of benzene rings is 7. The molecule has 4 aromatic heterocycles. The number of aromatic nitrogens is 4. The first-order chi connectivity index (χ1) is 25.3. The van der Waals surface area contributed by atoms with Crippen LogP contribution in [0.4, 0.5) is 0 Å². The van der Waals surface area contributed by atoms with Gasteiger partial charge in [-0.15, -0.1) is 22.7 Å². The molecule has 4 heterocycles. The first-order valence-electron chi connectivity index (χ1n) is 16.9. The van der Waals surface area contributed by atoms with Gasteiger partial charge in [-0.25, -0.2) is 15.0 Å². The van der Waals surface area contributed by atoms with Crippen LogP contribution in [0.1, 0.15) is 0 Å². The summed E-state index contributed by atoms with van der Waals surface area (Å²) >= 11 is 3.71. The maximum Gasteiger partial charge on any atom is 0.164 e. The monoisotopic (exact) mass is 686 g/mol. The Morgan fingerprint density at radius 2 is 0.941 bits per heavy atom. The van der Waals surface area contributed by atoms with Crippen molar-refractivity contribution >= 4 is 84.8 Å². The highest BCUT2D eigenvalue weighted by Crippen LogP contribution is 2.44. The van der Waals surface area contributed by atoms with Crippen molar-refractivity contribution in [2.75, 3.05) is 0 Å². The van der Waals surface area contributed by atoms with Crippen LogP contribution in [-0.4, -0.2) is 19.5 Å². The van der Waals surface area contributed by atoms with Gasteiger partial charge in [0.15, 0.2) is 17.5 Å². The molecule has 0 amide bonds. The van der Waals surface area contributed by atoms with Gasteiger partial charge in [0.25, 0.3) is 0 Å². The summed E-state index contributed by atoms with van der Waals surface area (Å²) in [6, 6.07) is 55.9. The van der Waals surface area contributed by atoms with E-state index in [1.807, 2.05) is 83.3 Å². The Labute approximate surface area is 300 Å². The van der Waals surface area contributed by atoms with Gasteiger partial charge in [0.05, 0.1) is 11.0 Å². The fourth-order valence-corrected chi connectivity index (χ4v) is 9.93. The highest BCUT2D eigenvalue weighted by Gasteiger charge is 2.19. The lowest BCUT2D eigenvalue weighted by Gasteiger charge is -2.08. The predicted octanol–water partition coefficient (Wildman–Crippen LogP) is 12.7. The van der Waals surface area contributed by atoms with Gasteiger partial charge in [-0.05, 0) is 36.4 Å². The molecule has 238 valence electrons. The van der Waals surface area contributed by atoms with Crippen molar-refractivity contribution in [2.45, 2.75) is 0 Å². The van der Waals surface area contributed by atoms with Gasteiger partial charge in [-0.2, -0.15) is 0 Å². The Kier molecular flexibility index (Phi) is 6.26. The van der Waals surface area contributed by atoms with Crippen molar-refractivity contribution in [2.24, 2.45) is 0 Å². The number of para-hydroxylation sites is 1. The van der Waals surface area contributed by atoms with Crippen molar-refractivity contribution in [3.63, 3.8) is 0 Å². The fourth-order valence-electron chi connectivity index (χ4n) is 7.49. The number of hydrogen-bond donors (Lipinski definition) is 0. The zero-order valence-corrected chi connectivity index (χ0v) is 28.7. The van der Waals surface area contributed by atoms with Crippen molar-refractivity contribution in [1.82, 2.24) is 19.5 Å². The third-order valence-corrected chi connectivity index (χ3v) is 12.2. The molecule has 0 spiro atoms. The van der Waals surface area contributed by atoms with E-state index in [0.29, 0.717) is 17.5 Å². The fraction of sp³-hybridized carbons (Fsp3) is 0. The lowest BCUT2D eigenvalue weighted by molar-refractivity contribution is 1.07. The smallest absolute Gasteiger partial charge is 0.164 e. The summed E-state index contributed by atoms with van der Waals surface area (Å²) in [6.45, 7) is 0. The molecule has 7 aromatic carbocycles. The minimum atomic E-state index is 0.666. The molecule has 0 atom stereocenters. The largest absolute Gasteiger partial charge is 0.309 e. The summed E-state index contributed by atoms with van der Waals surface area (Å²) in [7, 11) is 0. The molecule has 0 saturated heterocycles. The summed E-state index contributed by atoms with van der Waals surface area (Å²) in [5.41, 5.74) is 6.52. The Balaban J connectivity index is 1.07. The lowest BCUT2D eigenvalue weighted by Crippen LogP contribution is -1.99. The minimum Gasteiger partial charge on any atom is -0.309 e.